The van der Waals surface area contributed by atoms with Gasteiger partial charge in [0.05, 0.1) is 6.54 Å². The van der Waals surface area contributed by atoms with Crippen molar-refractivity contribution in [2.45, 2.75) is 45.8 Å². The van der Waals surface area contributed by atoms with Crippen molar-refractivity contribution < 1.29 is 9.52 Å². The van der Waals surface area contributed by atoms with Gasteiger partial charge < -0.3 is 14.8 Å². The Bertz CT molecular complexity index is 335. The number of nitrogens with one attached hydrogen (secondary N) is 1. The zero-order valence-corrected chi connectivity index (χ0v) is 10.6. The van der Waals surface area contributed by atoms with Crippen LogP contribution >= 0.6 is 0 Å². The highest BCUT2D eigenvalue weighted by molar-refractivity contribution is 5.06. The van der Waals surface area contributed by atoms with Crippen LogP contribution in [0.15, 0.2) is 16.5 Å². The Labute approximate surface area is 103 Å². The van der Waals surface area contributed by atoms with Crippen molar-refractivity contribution in [3.8, 4) is 0 Å². The summed E-state index contributed by atoms with van der Waals surface area (Å²) in [4.78, 5) is 0. The Morgan fingerprint density at radius 1 is 1.35 bits per heavy atom. The van der Waals surface area contributed by atoms with Crippen molar-refractivity contribution in [2.24, 2.45) is 11.8 Å². The van der Waals surface area contributed by atoms with Crippen LogP contribution < -0.4 is 5.32 Å². The first-order valence-electron chi connectivity index (χ1n) is 6.67. The number of furan rings is 1. The molecule has 0 aromatic carbocycles. The van der Waals surface area contributed by atoms with Gasteiger partial charge in [-0.15, -0.1) is 0 Å². The summed E-state index contributed by atoms with van der Waals surface area (Å²) < 4.78 is 5.43. The maximum absolute atomic E-state index is 8.90. The first-order chi connectivity index (χ1) is 8.28. The van der Waals surface area contributed by atoms with E-state index in [9.17, 15) is 0 Å². The molecule has 0 aliphatic heterocycles. The van der Waals surface area contributed by atoms with Gasteiger partial charge in [-0.25, -0.2) is 0 Å². The molecular formula is C14H23NO2. The van der Waals surface area contributed by atoms with E-state index in [0.717, 1.165) is 30.7 Å². The van der Waals surface area contributed by atoms with Crippen LogP contribution in [0.1, 0.15) is 44.1 Å². The van der Waals surface area contributed by atoms with E-state index < -0.39 is 0 Å². The Morgan fingerprint density at radius 3 is 2.88 bits per heavy atom. The predicted molar refractivity (Wildman–Crippen MR) is 67.5 cm³/mol. The number of hydrogen-bond acceptors (Lipinski definition) is 3. The molecule has 3 heteroatoms. The lowest BCUT2D eigenvalue weighted by molar-refractivity contribution is 0.241. The number of aliphatic hydroxyl groups excluding tert-OH is 1. The fourth-order valence-corrected chi connectivity index (χ4v) is 2.75. The van der Waals surface area contributed by atoms with Crippen molar-refractivity contribution in [3.63, 3.8) is 0 Å². The molecule has 0 saturated heterocycles. The summed E-state index contributed by atoms with van der Waals surface area (Å²) in [6.45, 7) is 4.19. The highest BCUT2D eigenvalue weighted by atomic mass is 16.4. The quantitative estimate of drug-likeness (QED) is 0.827. The molecule has 1 heterocycles. The average Bonchev–Trinajstić information content (AvgIpc) is 2.77. The van der Waals surface area contributed by atoms with Gasteiger partial charge in [-0.1, -0.05) is 19.8 Å². The molecule has 2 unspecified atom stereocenters. The van der Waals surface area contributed by atoms with Crippen molar-refractivity contribution in [2.75, 3.05) is 6.54 Å². The molecule has 1 saturated carbocycles. The van der Waals surface area contributed by atoms with Gasteiger partial charge in [0.25, 0.3) is 0 Å². The van der Waals surface area contributed by atoms with E-state index in [1.807, 2.05) is 12.1 Å². The summed E-state index contributed by atoms with van der Waals surface area (Å²) in [6, 6.07) is 3.77. The van der Waals surface area contributed by atoms with E-state index >= 15 is 0 Å². The monoisotopic (exact) mass is 237 g/mol. The van der Waals surface area contributed by atoms with Crippen molar-refractivity contribution in [1.29, 1.82) is 0 Å². The first kappa shape index (κ1) is 12.7. The Hall–Kier alpha value is -0.800. The van der Waals surface area contributed by atoms with Crippen molar-refractivity contribution in [1.82, 2.24) is 5.32 Å². The normalized spacial score (nSPS) is 25.1. The third kappa shape index (κ3) is 3.86. The van der Waals surface area contributed by atoms with Crippen LogP contribution in [0.4, 0.5) is 0 Å². The van der Waals surface area contributed by atoms with Crippen LogP contribution in [0.25, 0.3) is 0 Å². The van der Waals surface area contributed by atoms with Crippen molar-refractivity contribution in [3.05, 3.63) is 23.7 Å². The summed E-state index contributed by atoms with van der Waals surface area (Å²) in [5, 5.41) is 12.3. The van der Waals surface area contributed by atoms with Gasteiger partial charge in [0.2, 0.25) is 0 Å². The summed E-state index contributed by atoms with van der Waals surface area (Å²) in [5.41, 5.74) is 0. The minimum absolute atomic E-state index is 0.0138. The molecule has 0 radical (unpaired) electrons. The molecule has 0 bridgehead atoms. The third-order valence-electron chi connectivity index (χ3n) is 3.65. The lowest BCUT2D eigenvalue weighted by Crippen LogP contribution is -2.26. The zero-order chi connectivity index (χ0) is 12.1. The Morgan fingerprint density at radius 2 is 2.18 bits per heavy atom. The minimum atomic E-state index is -0.0138. The molecule has 2 atom stereocenters. The van der Waals surface area contributed by atoms with Gasteiger partial charge in [-0.05, 0) is 43.4 Å². The molecule has 0 spiro atoms. The second kappa shape index (κ2) is 6.22. The largest absolute Gasteiger partial charge is 0.462 e. The lowest BCUT2D eigenvalue weighted by atomic mass is 9.82. The Kier molecular flexibility index (Phi) is 4.63. The van der Waals surface area contributed by atoms with Crippen LogP contribution in [-0.2, 0) is 13.2 Å². The highest BCUT2D eigenvalue weighted by Crippen LogP contribution is 2.27. The van der Waals surface area contributed by atoms with Crippen LogP contribution in [-0.4, -0.2) is 11.7 Å². The molecule has 96 valence electrons. The van der Waals surface area contributed by atoms with Gasteiger partial charge in [0.15, 0.2) is 0 Å². The summed E-state index contributed by atoms with van der Waals surface area (Å²) in [7, 11) is 0. The lowest BCUT2D eigenvalue weighted by Gasteiger charge is -2.26. The number of aliphatic hydroxyl groups is 1. The van der Waals surface area contributed by atoms with E-state index in [1.165, 1.54) is 25.7 Å². The third-order valence-corrected chi connectivity index (χ3v) is 3.65. The number of hydrogen-bond donors (Lipinski definition) is 2. The zero-order valence-electron chi connectivity index (χ0n) is 10.6. The fourth-order valence-electron chi connectivity index (χ4n) is 2.75. The maximum Gasteiger partial charge on any atom is 0.129 e. The van der Waals surface area contributed by atoms with Crippen LogP contribution in [0.5, 0.6) is 0 Å². The van der Waals surface area contributed by atoms with E-state index in [-0.39, 0.29) is 6.61 Å². The summed E-state index contributed by atoms with van der Waals surface area (Å²) in [5.74, 6) is 3.28. The van der Waals surface area contributed by atoms with E-state index in [0.29, 0.717) is 5.76 Å². The van der Waals surface area contributed by atoms with Gasteiger partial charge >= 0.3 is 0 Å². The molecule has 3 nitrogen and oxygen atoms in total. The Balaban J connectivity index is 1.68. The number of rotatable bonds is 5. The first-order valence-corrected chi connectivity index (χ1v) is 6.67. The standard InChI is InChI=1S/C14H23NO2/c1-11-3-2-4-12(7-11)8-15-9-13-5-6-14(10-16)17-13/h5-6,11-12,15-16H,2-4,7-10H2,1H3. The van der Waals surface area contributed by atoms with Crippen LogP contribution in [0.2, 0.25) is 0 Å². The summed E-state index contributed by atoms with van der Waals surface area (Å²) >= 11 is 0. The van der Waals surface area contributed by atoms with Crippen molar-refractivity contribution >= 4 is 0 Å². The van der Waals surface area contributed by atoms with Gasteiger partial charge in [0, 0.05) is 0 Å². The highest BCUT2D eigenvalue weighted by Gasteiger charge is 2.18. The fraction of sp³-hybridized carbons (Fsp3) is 0.714. The van der Waals surface area contributed by atoms with Gasteiger partial charge in [-0.3, -0.25) is 0 Å². The molecular weight excluding hydrogens is 214 g/mol. The molecule has 1 aromatic heterocycles. The van der Waals surface area contributed by atoms with E-state index in [2.05, 4.69) is 12.2 Å². The predicted octanol–water partition coefficient (Wildman–Crippen LogP) is 2.69. The van der Waals surface area contributed by atoms with E-state index in [4.69, 9.17) is 9.52 Å². The maximum atomic E-state index is 8.90. The molecule has 0 amide bonds. The molecule has 1 aliphatic carbocycles. The molecule has 2 rings (SSSR count). The molecule has 1 aliphatic rings. The molecule has 2 N–H and O–H groups in total. The average molecular weight is 237 g/mol. The second-order valence-electron chi connectivity index (χ2n) is 5.29. The van der Waals surface area contributed by atoms with Crippen LogP contribution in [0.3, 0.4) is 0 Å². The molecule has 1 aromatic rings. The molecule has 17 heavy (non-hydrogen) atoms. The van der Waals surface area contributed by atoms with E-state index in [1.54, 1.807) is 0 Å². The topological polar surface area (TPSA) is 45.4 Å². The SMILES string of the molecule is CC1CCCC(CNCc2ccc(CO)o2)C1. The smallest absolute Gasteiger partial charge is 0.129 e. The summed E-state index contributed by atoms with van der Waals surface area (Å²) in [6.07, 6.45) is 5.49. The van der Waals surface area contributed by atoms with Gasteiger partial charge in [-0.2, -0.15) is 0 Å². The molecule has 1 fully saturated rings. The van der Waals surface area contributed by atoms with Crippen LogP contribution in [0, 0.1) is 11.8 Å². The van der Waals surface area contributed by atoms with Gasteiger partial charge in [0.1, 0.15) is 18.1 Å². The minimum Gasteiger partial charge on any atom is -0.462 e. The second-order valence-corrected chi connectivity index (χ2v) is 5.29.